The molecule has 0 bridgehead atoms. The summed E-state index contributed by atoms with van der Waals surface area (Å²) in [6, 6.07) is 9.63. The number of nitrogens with zero attached hydrogens (tertiary/aromatic N) is 3. The number of hydrogen-bond donors (Lipinski definition) is 2. The van der Waals surface area contributed by atoms with Crippen LogP contribution in [0.3, 0.4) is 0 Å². The van der Waals surface area contributed by atoms with Crippen molar-refractivity contribution < 1.29 is 31.1 Å². The number of alkyl halides is 6. The van der Waals surface area contributed by atoms with E-state index in [1.807, 2.05) is 19.9 Å². The molecule has 0 spiro atoms. The normalized spacial score (nSPS) is 18.5. The second-order valence-electron chi connectivity index (χ2n) is 9.17. The Morgan fingerprint density at radius 2 is 1.41 bits per heavy atom. The number of aryl methyl sites for hydroxylation is 2. The third kappa shape index (κ3) is 6.41. The van der Waals surface area contributed by atoms with Gasteiger partial charge in [-0.15, -0.1) is 0 Å². The lowest BCUT2D eigenvalue weighted by molar-refractivity contribution is -0.150. The molecule has 3 aromatic rings. The molecule has 1 aromatic carbocycles. The molecule has 1 aliphatic rings. The fourth-order valence-electron chi connectivity index (χ4n) is 4.44. The van der Waals surface area contributed by atoms with E-state index in [0.717, 1.165) is 17.1 Å². The standard InChI is InChI=1S/C25H25F6N5O/c1-14-11-15(2)36(35-14)20-9-3-16(4-10-20)23(37)33-18-7-5-17(6-8-18)32-19-12-21(24(26,27)28)34-22(13-19)25(29,30)31/h3-4,9-13,17-18H,5-8H2,1-2H3,(H,32,34)(H,33,37). The fourth-order valence-corrected chi connectivity index (χ4v) is 4.44. The van der Waals surface area contributed by atoms with Gasteiger partial charge < -0.3 is 10.6 Å². The summed E-state index contributed by atoms with van der Waals surface area (Å²) in [7, 11) is 0. The van der Waals surface area contributed by atoms with Gasteiger partial charge in [-0.25, -0.2) is 9.67 Å². The second kappa shape index (κ2) is 10.1. The summed E-state index contributed by atoms with van der Waals surface area (Å²) in [5.74, 6) is -0.255. The van der Waals surface area contributed by atoms with Gasteiger partial charge in [0.1, 0.15) is 11.4 Å². The van der Waals surface area contributed by atoms with E-state index in [1.54, 1.807) is 28.9 Å². The molecule has 198 valence electrons. The van der Waals surface area contributed by atoms with Crippen LogP contribution in [0.25, 0.3) is 5.69 Å². The number of rotatable bonds is 5. The number of aromatic nitrogens is 3. The number of pyridine rings is 1. The smallest absolute Gasteiger partial charge is 0.382 e. The summed E-state index contributed by atoms with van der Waals surface area (Å²) < 4.78 is 80.1. The molecule has 0 saturated heterocycles. The molecule has 0 aliphatic heterocycles. The molecule has 2 aromatic heterocycles. The zero-order valence-corrected chi connectivity index (χ0v) is 20.0. The summed E-state index contributed by atoms with van der Waals surface area (Å²) in [5.41, 5.74) is -0.339. The van der Waals surface area contributed by atoms with Crippen LogP contribution in [-0.4, -0.2) is 32.8 Å². The summed E-state index contributed by atoms with van der Waals surface area (Å²) in [6.45, 7) is 3.83. The lowest BCUT2D eigenvalue weighted by atomic mass is 9.90. The Morgan fingerprint density at radius 1 is 0.865 bits per heavy atom. The van der Waals surface area contributed by atoms with Gasteiger partial charge in [0.25, 0.3) is 5.91 Å². The van der Waals surface area contributed by atoms with E-state index in [1.165, 1.54) is 0 Å². The van der Waals surface area contributed by atoms with Crippen LogP contribution in [0.4, 0.5) is 32.0 Å². The topological polar surface area (TPSA) is 71.8 Å². The number of nitrogens with one attached hydrogen (secondary N) is 2. The van der Waals surface area contributed by atoms with Gasteiger partial charge in [-0.05, 0) is 82.0 Å². The molecule has 37 heavy (non-hydrogen) atoms. The highest BCUT2D eigenvalue weighted by molar-refractivity contribution is 5.94. The summed E-state index contributed by atoms with van der Waals surface area (Å²) in [6.07, 6.45) is -8.03. The molecule has 0 unspecified atom stereocenters. The van der Waals surface area contributed by atoms with Crippen molar-refractivity contribution in [1.29, 1.82) is 0 Å². The Bertz CT molecular complexity index is 1230. The monoisotopic (exact) mass is 525 g/mol. The summed E-state index contributed by atoms with van der Waals surface area (Å²) >= 11 is 0. The number of carbonyl (C=O) groups excluding carboxylic acids is 1. The predicted molar refractivity (Wildman–Crippen MR) is 124 cm³/mol. The molecule has 0 radical (unpaired) electrons. The molecule has 2 heterocycles. The first-order valence-electron chi connectivity index (χ1n) is 11.7. The zero-order valence-electron chi connectivity index (χ0n) is 20.0. The van der Waals surface area contributed by atoms with Crippen LogP contribution in [-0.2, 0) is 12.4 Å². The molecule has 4 rings (SSSR count). The Balaban J connectivity index is 1.34. The molecular formula is C25H25F6N5O. The van der Waals surface area contributed by atoms with Crippen LogP contribution >= 0.6 is 0 Å². The average Bonchev–Trinajstić information content (AvgIpc) is 3.17. The quantitative estimate of drug-likeness (QED) is 0.397. The van der Waals surface area contributed by atoms with Crippen molar-refractivity contribution >= 4 is 11.6 Å². The number of amides is 1. The van der Waals surface area contributed by atoms with Gasteiger partial charge in [0, 0.05) is 29.0 Å². The maximum absolute atomic E-state index is 13.1. The van der Waals surface area contributed by atoms with Gasteiger partial charge in [-0.3, -0.25) is 4.79 Å². The molecule has 0 atom stereocenters. The van der Waals surface area contributed by atoms with Crippen LogP contribution in [0.5, 0.6) is 0 Å². The molecule has 6 nitrogen and oxygen atoms in total. The van der Waals surface area contributed by atoms with E-state index in [-0.39, 0.29) is 23.7 Å². The van der Waals surface area contributed by atoms with Crippen LogP contribution in [0.15, 0.2) is 42.5 Å². The Kier molecular flexibility index (Phi) is 7.20. The van der Waals surface area contributed by atoms with E-state index in [0.29, 0.717) is 43.4 Å². The lowest BCUT2D eigenvalue weighted by Gasteiger charge is -2.30. The van der Waals surface area contributed by atoms with Crippen molar-refractivity contribution in [3.8, 4) is 5.69 Å². The van der Waals surface area contributed by atoms with Crippen LogP contribution in [0.2, 0.25) is 0 Å². The fraction of sp³-hybridized carbons (Fsp3) is 0.400. The predicted octanol–water partition coefficient (Wildman–Crippen LogP) is 6.07. The van der Waals surface area contributed by atoms with Crippen molar-refractivity contribution in [2.45, 2.75) is 64.0 Å². The Hall–Kier alpha value is -3.57. The molecule has 12 heteroatoms. The van der Waals surface area contributed by atoms with Crippen molar-refractivity contribution in [3.63, 3.8) is 0 Å². The molecule has 2 N–H and O–H groups in total. The minimum absolute atomic E-state index is 0.157. The van der Waals surface area contributed by atoms with Crippen molar-refractivity contribution in [2.24, 2.45) is 0 Å². The Labute approximate surface area is 209 Å². The Morgan fingerprint density at radius 3 is 1.89 bits per heavy atom. The molecule has 1 saturated carbocycles. The highest BCUT2D eigenvalue weighted by Crippen LogP contribution is 2.35. The largest absolute Gasteiger partial charge is 0.433 e. The van der Waals surface area contributed by atoms with Gasteiger partial charge in [0.15, 0.2) is 0 Å². The van der Waals surface area contributed by atoms with Gasteiger partial charge >= 0.3 is 12.4 Å². The van der Waals surface area contributed by atoms with Crippen molar-refractivity contribution in [2.75, 3.05) is 5.32 Å². The summed E-state index contributed by atoms with van der Waals surface area (Å²) in [5, 5.41) is 10.1. The van der Waals surface area contributed by atoms with E-state index in [2.05, 4.69) is 20.7 Å². The van der Waals surface area contributed by atoms with Gasteiger partial charge in [0.05, 0.1) is 11.4 Å². The van der Waals surface area contributed by atoms with E-state index < -0.39 is 23.7 Å². The lowest BCUT2D eigenvalue weighted by Crippen LogP contribution is -2.40. The number of halogens is 6. The van der Waals surface area contributed by atoms with Crippen LogP contribution < -0.4 is 10.6 Å². The molecule has 1 fully saturated rings. The second-order valence-corrected chi connectivity index (χ2v) is 9.17. The number of anilines is 1. The molecule has 1 aliphatic carbocycles. The third-order valence-electron chi connectivity index (χ3n) is 6.22. The number of benzene rings is 1. The highest BCUT2D eigenvalue weighted by atomic mass is 19.4. The van der Waals surface area contributed by atoms with Crippen molar-refractivity contribution in [3.05, 3.63) is 70.8 Å². The molecule has 1 amide bonds. The van der Waals surface area contributed by atoms with Gasteiger partial charge in [-0.2, -0.15) is 31.4 Å². The van der Waals surface area contributed by atoms with Crippen LogP contribution in [0, 0.1) is 13.8 Å². The highest BCUT2D eigenvalue weighted by Gasteiger charge is 2.39. The maximum atomic E-state index is 13.1. The van der Waals surface area contributed by atoms with E-state index in [9.17, 15) is 31.1 Å². The zero-order chi connectivity index (χ0) is 27.0. The molecular weight excluding hydrogens is 500 g/mol. The maximum Gasteiger partial charge on any atom is 0.433 e. The first-order chi connectivity index (χ1) is 17.3. The SMILES string of the molecule is Cc1cc(C)n(-c2ccc(C(=O)NC3CCC(Nc4cc(C(F)(F)F)nc(C(F)(F)F)c4)CC3)cc2)n1. The number of hydrogen-bond acceptors (Lipinski definition) is 4. The first-order valence-corrected chi connectivity index (χ1v) is 11.7. The average molecular weight is 525 g/mol. The van der Waals surface area contributed by atoms with E-state index in [4.69, 9.17) is 0 Å². The minimum atomic E-state index is -5.01. The minimum Gasteiger partial charge on any atom is -0.382 e. The van der Waals surface area contributed by atoms with Crippen LogP contribution in [0.1, 0.15) is 58.8 Å². The van der Waals surface area contributed by atoms with Gasteiger partial charge in [0.2, 0.25) is 0 Å². The van der Waals surface area contributed by atoms with Gasteiger partial charge in [-0.1, -0.05) is 0 Å². The third-order valence-corrected chi connectivity index (χ3v) is 6.22. The van der Waals surface area contributed by atoms with E-state index >= 15 is 0 Å². The first kappa shape index (κ1) is 26.5. The van der Waals surface area contributed by atoms with Crippen molar-refractivity contribution in [1.82, 2.24) is 20.1 Å². The number of carbonyl (C=O) groups is 1. The summed E-state index contributed by atoms with van der Waals surface area (Å²) in [4.78, 5) is 15.4.